The number of hydrogen-bond acceptors (Lipinski definition) is 5. The molecule has 6 nitrogen and oxygen atoms in total. The maximum Gasteiger partial charge on any atom is 0.251 e. The zero-order valence-electron chi connectivity index (χ0n) is 13.6. The van der Waals surface area contributed by atoms with Crippen LogP contribution in [0.4, 0.5) is 15.8 Å². The third-order valence-corrected chi connectivity index (χ3v) is 5.31. The molecule has 2 aromatic rings. The molecule has 8 heteroatoms. The first kappa shape index (κ1) is 15.2. The molecule has 1 N–H and O–H groups in total. The summed E-state index contributed by atoms with van der Waals surface area (Å²) in [5.41, 5.74) is 1.65. The van der Waals surface area contributed by atoms with Gasteiger partial charge in [0.25, 0.3) is 5.91 Å². The molecular formula is C17H16ClFN4O2. The third-order valence-electron chi connectivity index (χ3n) is 5.09. The second kappa shape index (κ2) is 5.19. The van der Waals surface area contributed by atoms with E-state index in [2.05, 4.69) is 17.2 Å². The Balaban J connectivity index is 1.87. The molecule has 5 rings (SSSR count). The van der Waals surface area contributed by atoms with Gasteiger partial charge in [-0.3, -0.25) is 4.79 Å². The third kappa shape index (κ3) is 2.05. The maximum atomic E-state index is 14.5. The van der Waals surface area contributed by atoms with Gasteiger partial charge < -0.3 is 19.9 Å². The van der Waals surface area contributed by atoms with E-state index >= 15 is 0 Å². The van der Waals surface area contributed by atoms with Crippen molar-refractivity contribution in [3.63, 3.8) is 0 Å². The van der Waals surface area contributed by atoms with Gasteiger partial charge in [0.1, 0.15) is 23.9 Å². The van der Waals surface area contributed by atoms with Gasteiger partial charge in [-0.2, -0.15) is 0 Å². The highest BCUT2D eigenvalue weighted by Crippen LogP contribution is 2.48. The van der Waals surface area contributed by atoms with Crippen molar-refractivity contribution in [1.29, 1.82) is 0 Å². The highest BCUT2D eigenvalue weighted by Gasteiger charge is 2.45. The highest BCUT2D eigenvalue weighted by molar-refractivity contribution is 6.31. The van der Waals surface area contributed by atoms with E-state index in [0.29, 0.717) is 48.2 Å². The summed E-state index contributed by atoms with van der Waals surface area (Å²) < 4.78 is 20.2. The number of nitrogens with one attached hydrogen (secondary N) is 1. The van der Waals surface area contributed by atoms with Crippen LogP contribution in [0.3, 0.4) is 0 Å². The van der Waals surface area contributed by atoms with E-state index in [1.165, 1.54) is 6.07 Å². The lowest BCUT2D eigenvalue weighted by Gasteiger charge is -2.48. The van der Waals surface area contributed by atoms with Crippen LogP contribution in [-0.2, 0) is 4.79 Å². The molecule has 130 valence electrons. The second-order valence-corrected chi connectivity index (χ2v) is 7.15. The first-order valence-corrected chi connectivity index (χ1v) is 8.69. The molecule has 3 aliphatic heterocycles. The predicted octanol–water partition coefficient (Wildman–Crippen LogP) is 1.93. The number of carbonyl (C=O) groups excluding carboxylic acids is 1. The molecule has 3 aliphatic rings. The summed E-state index contributed by atoms with van der Waals surface area (Å²) in [5.74, 6) is -0.146. The van der Waals surface area contributed by atoms with Gasteiger partial charge in [-0.15, -0.1) is 0 Å². The number of benzene rings is 1. The molecule has 0 radical (unpaired) electrons. The Morgan fingerprint density at radius 2 is 2.24 bits per heavy atom. The molecule has 1 aromatic heterocycles. The Hall–Kier alpha value is -2.12. The SMILES string of the molecule is CC1CN2c3c4c(nc5c(F)cc(Cl)cc35)OCCN4C(=O)C2CN1. The number of pyridine rings is 1. The lowest BCUT2D eigenvalue weighted by molar-refractivity contribution is -0.120. The van der Waals surface area contributed by atoms with Gasteiger partial charge in [0.2, 0.25) is 5.88 Å². The van der Waals surface area contributed by atoms with Gasteiger partial charge in [0, 0.05) is 29.5 Å². The lowest BCUT2D eigenvalue weighted by atomic mass is 9.99. The monoisotopic (exact) mass is 362 g/mol. The summed E-state index contributed by atoms with van der Waals surface area (Å²) in [6.07, 6.45) is 0. The van der Waals surface area contributed by atoms with Crippen LogP contribution in [0.15, 0.2) is 12.1 Å². The smallest absolute Gasteiger partial charge is 0.251 e. The summed E-state index contributed by atoms with van der Waals surface area (Å²) in [7, 11) is 0. The summed E-state index contributed by atoms with van der Waals surface area (Å²) in [4.78, 5) is 21.1. The minimum Gasteiger partial charge on any atom is -0.474 e. The van der Waals surface area contributed by atoms with Crippen molar-refractivity contribution in [3.8, 4) is 5.88 Å². The maximum absolute atomic E-state index is 14.5. The largest absolute Gasteiger partial charge is 0.474 e. The van der Waals surface area contributed by atoms with Crippen LogP contribution < -0.4 is 19.9 Å². The molecule has 2 atom stereocenters. The zero-order valence-corrected chi connectivity index (χ0v) is 14.3. The van der Waals surface area contributed by atoms with E-state index in [-0.39, 0.29) is 23.5 Å². The van der Waals surface area contributed by atoms with E-state index in [4.69, 9.17) is 16.3 Å². The summed E-state index contributed by atoms with van der Waals surface area (Å²) in [6.45, 7) is 4.08. The molecule has 0 aliphatic carbocycles. The zero-order chi connectivity index (χ0) is 17.3. The number of halogens is 2. The summed E-state index contributed by atoms with van der Waals surface area (Å²) in [6, 6.07) is 2.86. The fourth-order valence-corrected chi connectivity index (χ4v) is 4.21. The standard InChI is InChI=1S/C17H16ClFN4O2/c1-8-7-23-12(6-20-8)17(24)22-2-3-25-16-15(22)14(23)10-4-9(18)5-11(19)13(10)21-16/h4-5,8,12,20H,2-3,6-7H2,1H3. The van der Waals surface area contributed by atoms with Crippen molar-refractivity contribution in [3.05, 3.63) is 23.0 Å². The Morgan fingerprint density at radius 1 is 1.40 bits per heavy atom. The van der Waals surface area contributed by atoms with Crippen LogP contribution in [0.5, 0.6) is 5.88 Å². The van der Waals surface area contributed by atoms with Crippen LogP contribution in [0.1, 0.15) is 6.92 Å². The Bertz CT molecular complexity index is 921. The van der Waals surface area contributed by atoms with Gasteiger partial charge in [0.15, 0.2) is 5.82 Å². The normalized spacial score (nSPS) is 24.8. The molecule has 1 fully saturated rings. The van der Waals surface area contributed by atoms with Crippen molar-refractivity contribution in [2.45, 2.75) is 19.0 Å². The number of hydrogen-bond donors (Lipinski definition) is 1. The Kier molecular flexibility index (Phi) is 3.15. The topological polar surface area (TPSA) is 57.7 Å². The lowest BCUT2D eigenvalue weighted by Crippen LogP contribution is -2.65. The van der Waals surface area contributed by atoms with E-state index in [9.17, 15) is 9.18 Å². The molecule has 1 aromatic carbocycles. The van der Waals surface area contributed by atoms with Gasteiger partial charge in [0.05, 0.1) is 12.2 Å². The van der Waals surface area contributed by atoms with E-state index in [1.807, 2.05) is 4.90 Å². The van der Waals surface area contributed by atoms with Gasteiger partial charge in [-0.1, -0.05) is 11.6 Å². The first-order chi connectivity index (χ1) is 12.0. The van der Waals surface area contributed by atoms with Gasteiger partial charge in [-0.25, -0.2) is 9.37 Å². The number of ether oxygens (including phenoxy) is 1. The molecular weight excluding hydrogens is 347 g/mol. The molecule has 4 heterocycles. The minimum atomic E-state index is -0.487. The van der Waals surface area contributed by atoms with Crippen molar-refractivity contribution < 1.29 is 13.9 Å². The predicted molar refractivity (Wildman–Crippen MR) is 93.2 cm³/mol. The number of carbonyl (C=O) groups is 1. The molecule has 25 heavy (non-hydrogen) atoms. The van der Waals surface area contributed by atoms with E-state index < -0.39 is 5.82 Å². The second-order valence-electron chi connectivity index (χ2n) is 6.71. The number of piperazine rings is 1. The van der Waals surface area contributed by atoms with Crippen LogP contribution >= 0.6 is 11.6 Å². The Morgan fingerprint density at radius 3 is 3.08 bits per heavy atom. The van der Waals surface area contributed by atoms with Crippen LogP contribution in [0, 0.1) is 5.82 Å². The van der Waals surface area contributed by atoms with Crippen LogP contribution in [0.25, 0.3) is 10.9 Å². The molecule has 0 saturated carbocycles. The van der Waals surface area contributed by atoms with Crippen LogP contribution in [0.2, 0.25) is 5.02 Å². The molecule has 0 bridgehead atoms. The summed E-state index contributed by atoms with van der Waals surface area (Å²) >= 11 is 6.11. The fourth-order valence-electron chi connectivity index (χ4n) is 4.00. The highest BCUT2D eigenvalue weighted by atomic mass is 35.5. The fraction of sp³-hybridized carbons (Fsp3) is 0.412. The molecule has 1 amide bonds. The average Bonchev–Trinajstić information content (AvgIpc) is 2.58. The first-order valence-electron chi connectivity index (χ1n) is 8.31. The molecule has 2 unspecified atom stereocenters. The Labute approximate surface area is 148 Å². The van der Waals surface area contributed by atoms with Crippen molar-refractivity contribution in [2.24, 2.45) is 0 Å². The number of amides is 1. The number of rotatable bonds is 0. The van der Waals surface area contributed by atoms with E-state index in [1.54, 1.807) is 11.0 Å². The quantitative estimate of drug-likeness (QED) is 0.776. The average molecular weight is 363 g/mol. The van der Waals surface area contributed by atoms with Crippen molar-refractivity contribution in [2.75, 3.05) is 36.0 Å². The van der Waals surface area contributed by atoms with Gasteiger partial charge in [-0.05, 0) is 19.1 Å². The number of nitrogens with zero attached hydrogens (tertiary/aromatic N) is 3. The molecule has 0 spiro atoms. The van der Waals surface area contributed by atoms with Gasteiger partial charge >= 0.3 is 0 Å². The van der Waals surface area contributed by atoms with Crippen molar-refractivity contribution >= 4 is 39.8 Å². The molecule has 1 saturated heterocycles. The van der Waals surface area contributed by atoms with E-state index in [0.717, 1.165) is 5.69 Å². The number of fused-ring (bicyclic) bond motifs is 4. The number of aromatic nitrogens is 1. The summed E-state index contributed by atoms with van der Waals surface area (Å²) in [5, 5.41) is 4.28. The van der Waals surface area contributed by atoms with Crippen molar-refractivity contribution in [1.82, 2.24) is 10.3 Å². The minimum absolute atomic E-state index is 0.0279. The number of anilines is 2. The van der Waals surface area contributed by atoms with Crippen LogP contribution in [-0.4, -0.2) is 49.2 Å².